The van der Waals surface area contributed by atoms with Crippen molar-refractivity contribution in [1.82, 2.24) is 19.9 Å². The van der Waals surface area contributed by atoms with Crippen LogP contribution in [-0.2, 0) is 0 Å². The molecule has 0 bridgehead atoms. The fourth-order valence-electron chi connectivity index (χ4n) is 2.31. The third-order valence-electron chi connectivity index (χ3n) is 3.43. The second-order valence-electron chi connectivity index (χ2n) is 5.50. The largest absolute Gasteiger partial charge is 0.368 e. The molecule has 0 fully saturated rings. The standard InChI is InChI=1S/C14H15N3.C4H5N.NO3/c1-9-3-5-11(15-9)13-7-8-14(17-13)12-6-4-10(2)16-12;1-2-4-5-3-1;2-1(3)4/h3-8,15-17H,1-2H3;1-5H;/q;;-1. The molecule has 0 amide bonds. The van der Waals surface area contributed by atoms with Gasteiger partial charge in [-0.15, -0.1) is 0 Å². The number of nitrogens with one attached hydrogen (secondary N) is 4. The fraction of sp³-hybridized carbons (Fsp3) is 0.111. The molecule has 0 radical (unpaired) electrons. The first-order valence-electron chi connectivity index (χ1n) is 7.86. The average molecular weight is 354 g/mol. The van der Waals surface area contributed by atoms with Gasteiger partial charge in [0.15, 0.2) is 0 Å². The zero-order valence-corrected chi connectivity index (χ0v) is 14.4. The minimum absolute atomic E-state index is 1.11. The lowest BCUT2D eigenvalue weighted by Gasteiger charge is -1.95. The molecule has 0 aliphatic heterocycles. The van der Waals surface area contributed by atoms with Gasteiger partial charge in [0.05, 0.1) is 27.9 Å². The van der Waals surface area contributed by atoms with Crippen LogP contribution < -0.4 is 0 Å². The van der Waals surface area contributed by atoms with E-state index in [1.54, 1.807) is 0 Å². The molecule has 8 heteroatoms. The maximum atomic E-state index is 8.25. The maximum Gasteiger partial charge on any atom is 0.0689 e. The lowest BCUT2D eigenvalue weighted by molar-refractivity contribution is -0.402. The Morgan fingerprint density at radius 3 is 1.31 bits per heavy atom. The van der Waals surface area contributed by atoms with E-state index in [1.165, 1.54) is 11.4 Å². The molecule has 26 heavy (non-hydrogen) atoms. The molecule has 0 aliphatic rings. The fourth-order valence-corrected chi connectivity index (χ4v) is 2.31. The van der Waals surface area contributed by atoms with Crippen LogP contribution >= 0.6 is 0 Å². The van der Waals surface area contributed by atoms with E-state index in [9.17, 15) is 0 Å². The van der Waals surface area contributed by atoms with E-state index in [0.29, 0.717) is 0 Å². The second-order valence-corrected chi connectivity index (χ2v) is 5.50. The van der Waals surface area contributed by atoms with Gasteiger partial charge in [0, 0.05) is 23.8 Å². The van der Waals surface area contributed by atoms with Gasteiger partial charge in [-0.2, -0.15) is 0 Å². The molecular formula is C18H20N5O3-. The van der Waals surface area contributed by atoms with E-state index in [1.807, 2.05) is 24.5 Å². The highest BCUT2D eigenvalue weighted by molar-refractivity contribution is 5.64. The molecule has 4 aromatic heterocycles. The summed E-state index contributed by atoms with van der Waals surface area (Å²) < 4.78 is 0. The Balaban J connectivity index is 0.000000224. The summed E-state index contributed by atoms with van der Waals surface area (Å²) in [6.07, 6.45) is 3.75. The van der Waals surface area contributed by atoms with Crippen LogP contribution in [0.25, 0.3) is 22.8 Å². The highest BCUT2D eigenvalue weighted by Crippen LogP contribution is 2.23. The zero-order chi connectivity index (χ0) is 18.9. The number of nitrogens with zero attached hydrogens (tertiary/aromatic N) is 1. The van der Waals surface area contributed by atoms with Crippen LogP contribution in [0.2, 0.25) is 0 Å². The molecule has 136 valence electrons. The predicted molar refractivity (Wildman–Crippen MR) is 101 cm³/mol. The van der Waals surface area contributed by atoms with Crippen molar-refractivity contribution in [2.75, 3.05) is 0 Å². The van der Waals surface area contributed by atoms with Gasteiger partial charge in [-0.05, 0) is 62.4 Å². The number of hydrogen-bond acceptors (Lipinski definition) is 3. The van der Waals surface area contributed by atoms with Crippen molar-refractivity contribution in [1.29, 1.82) is 0 Å². The van der Waals surface area contributed by atoms with Crippen molar-refractivity contribution < 1.29 is 5.09 Å². The minimum Gasteiger partial charge on any atom is -0.368 e. The van der Waals surface area contributed by atoms with Crippen molar-refractivity contribution in [3.05, 3.63) is 87.6 Å². The topological polar surface area (TPSA) is 129 Å². The zero-order valence-electron chi connectivity index (χ0n) is 14.4. The number of aryl methyl sites for hydroxylation is 2. The van der Waals surface area contributed by atoms with Gasteiger partial charge < -0.3 is 35.3 Å². The number of aromatic nitrogens is 4. The summed E-state index contributed by atoms with van der Waals surface area (Å²) >= 11 is 0. The molecule has 0 spiro atoms. The van der Waals surface area contributed by atoms with E-state index in [-0.39, 0.29) is 0 Å². The predicted octanol–water partition coefficient (Wildman–Crippen LogP) is 4.40. The summed E-state index contributed by atoms with van der Waals surface area (Å²) in [5.74, 6) is 0. The van der Waals surface area contributed by atoms with Crippen molar-refractivity contribution in [2.24, 2.45) is 0 Å². The summed E-state index contributed by atoms with van der Waals surface area (Å²) in [6.45, 7) is 4.11. The van der Waals surface area contributed by atoms with Crippen molar-refractivity contribution >= 4 is 0 Å². The monoisotopic (exact) mass is 354 g/mol. The molecule has 4 N–H and O–H groups in total. The van der Waals surface area contributed by atoms with Crippen LogP contribution in [-0.4, -0.2) is 25.0 Å². The first kappa shape index (κ1) is 18.7. The molecule has 0 unspecified atom stereocenters. The minimum atomic E-state index is -1.75. The molecule has 4 heterocycles. The van der Waals surface area contributed by atoms with Gasteiger partial charge >= 0.3 is 0 Å². The van der Waals surface area contributed by atoms with Crippen molar-refractivity contribution in [2.45, 2.75) is 13.8 Å². The lowest BCUT2D eigenvalue weighted by Crippen LogP contribution is -1.80. The lowest BCUT2D eigenvalue weighted by atomic mass is 10.3. The van der Waals surface area contributed by atoms with E-state index in [4.69, 9.17) is 15.3 Å². The molecule has 8 nitrogen and oxygen atoms in total. The summed E-state index contributed by atoms with van der Waals surface area (Å²) in [5.41, 5.74) is 6.81. The van der Waals surface area contributed by atoms with Crippen LogP contribution in [0, 0.1) is 29.2 Å². The summed E-state index contributed by atoms with van der Waals surface area (Å²) in [6, 6.07) is 16.4. The molecule has 4 aromatic rings. The van der Waals surface area contributed by atoms with E-state index < -0.39 is 5.09 Å². The van der Waals surface area contributed by atoms with Crippen LogP contribution in [0.1, 0.15) is 11.4 Å². The van der Waals surface area contributed by atoms with Gasteiger partial charge in [0.2, 0.25) is 0 Å². The van der Waals surface area contributed by atoms with Gasteiger partial charge in [0.25, 0.3) is 0 Å². The Morgan fingerprint density at radius 2 is 1.04 bits per heavy atom. The third-order valence-corrected chi connectivity index (χ3v) is 3.43. The SMILES string of the molecule is Cc1ccc(-c2ccc(-c3ccc(C)[nH]3)[nH]2)[nH]1.O=[N+]([O-])[O-].c1cc[nH]c1. The van der Waals surface area contributed by atoms with Crippen molar-refractivity contribution in [3.8, 4) is 22.8 Å². The molecule has 0 saturated heterocycles. The molecule has 0 saturated carbocycles. The first-order valence-corrected chi connectivity index (χ1v) is 7.86. The van der Waals surface area contributed by atoms with Gasteiger partial charge in [-0.25, -0.2) is 0 Å². The normalized spacial score (nSPS) is 9.62. The third kappa shape index (κ3) is 5.75. The highest BCUT2D eigenvalue weighted by Gasteiger charge is 2.05. The quantitative estimate of drug-likeness (QED) is 0.314. The molecule has 0 atom stereocenters. The maximum absolute atomic E-state index is 8.25. The number of aromatic amines is 4. The highest BCUT2D eigenvalue weighted by atomic mass is 16.9. The van der Waals surface area contributed by atoms with Crippen LogP contribution in [0.5, 0.6) is 0 Å². The smallest absolute Gasteiger partial charge is 0.0689 e. The first-order chi connectivity index (χ1) is 12.5. The average Bonchev–Trinajstić information content (AvgIpc) is 3.36. The van der Waals surface area contributed by atoms with Gasteiger partial charge in [0.1, 0.15) is 0 Å². The number of hydrogen-bond donors (Lipinski definition) is 4. The molecule has 0 aliphatic carbocycles. The number of rotatable bonds is 2. The van der Waals surface area contributed by atoms with Crippen LogP contribution in [0.15, 0.2) is 60.9 Å². The Hall–Kier alpha value is -3.68. The van der Waals surface area contributed by atoms with Gasteiger partial charge in [-0.1, -0.05) is 0 Å². The summed E-state index contributed by atoms with van der Waals surface area (Å²) in [5, 5.41) is 14.8. The Labute approximate surface area is 150 Å². The Morgan fingerprint density at radius 1 is 0.692 bits per heavy atom. The molecular weight excluding hydrogens is 334 g/mol. The summed E-state index contributed by atoms with van der Waals surface area (Å²) in [7, 11) is 0. The second kappa shape index (κ2) is 8.97. The number of H-pyrrole nitrogens is 4. The van der Waals surface area contributed by atoms with Crippen LogP contribution in [0.3, 0.4) is 0 Å². The van der Waals surface area contributed by atoms with E-state index in [0.717, 1.165) is 22.8 Å². The molecule has 0 aromatic carbocycles. The van der Waals surface area contributed by atoms with E-state index in [2.05, 4.69) is 70.2 Å². The van der Waals surface area contributed by atoms with Crippen molar-refractivity contribution in [3.63, 3.8) is 0 Å². The van der Waals surface area contributed by atoms with Crippen LogP contribution in [0.4, 0.5) is 0 Å². The van der Waals surface area contributed by atoms with Gasteiger partial charge in [-0.3, -0.25) is 0 Å². The van der Waals surface area contributed by atoms with E-state index >= 15 is 0 Å². The Bertz CT molecular complexity index is 842. The summed E-state index contributed by atoms with van der Waals surface area (Å²) in [4.78, 5) is 21.2. The molecule has 4 rings (SSSR count). The Kier molecular flexibility index (Phi) is 6.44.